The number of benzene rings is 1. The Kier molecular flexibility index (Phi) is 12.0. The first kappa shape index (κ1) is 27.6. The molecule has 4 atom stereocenters. The zero-order valence-corrected chi connectivity index (χ0v) is 20.4. The van der Waals surface area contributed by atoms with E-state index in [0.717, 1.165) is 11.1 Å². The first-order valence-corrected chi connectivity index (χ1v) is 11.2. The molecule has 6 heteroatoms. The molecule has 0 aromatic heterocycles. The first-order valence-electron chi connectivity index (χ1n) is 11.2. The van der Waals surface area contributed by atoms with E-state index in [-0.39, 0.29) is 35.9 Å². The fourth-order valence-electron chi connectivity index (χ4n) is 3.68. The van der Waals surface area contributed by atoms with Crippen LogP contribution in [0, 0.1) is 11.8 Å². The van der Waals surface area contributed by atoms with Crippen molar-refractivity contribution in [2.45, 2.75) is 64.7 Å². The number of esters is 2. The lowest BCUT2D eigenvalue weighted by Gasteiger charge is -2.29. The summed E-state index contributed by atoms with van der Waals surface area (Å²) in [6, 6.07) is 7.08. The highest BCUT2D eigenvalue weighted by atomic mass is 16.5. The van der Waals surface area contributed by atoms with E-state index in [4.69, 9.17) is 9.47 Å². The summed E-state index contributed by atoms with van der Waals surface area (Å²) in [5.74, 6) is -0.427. The Morgan fingerprint density at radius 2 is 1.22 bits per heavy atom. The van der Waals surface area contributed by atoms with Crippen LogP contribution < -0.4 is 10.6 Å². The maximum Gasteiger partial charge on any atom is 0.323 e. The summed E-state index contributed by atoms with van der Waals surface area (Å²) >= 11 is 0. The summed E-state index contributed by atoms with van der Waals surface area (Å²) in [5.41, 5.74) is 2.07. The smallest absolute Gasteiger partial charge is 0.323 e. The van der Waals surface area contributed by atoms with Crippen molar-refractivity contribution in [2.24, 2.45) is 11.8 Å². The molecule has 0 radical (unpaired) electrons. The fraction of sp³-hybridized carbons (Fsp3) is 0.538. The molecule has 1 aromatic rings. The van der Waals surface area contributed by atoms with Gasteiger partial charge in [-0.05, 0) is 35.8 Å². The molecule has 32 heavy (non-hydrogen) atoms. The Morgan fingerprint density at radius 1 is 0.844 bits per heavy atom. The molecule has 0 aliphatic heterocycles. The third kappa shape index (κ3) is 7.92. The van der Waals surface area contributed by atoms with Gasteiger partial charge >= 0.3 is 11.9 Å². The second-order valence-corrected chi connectivity index (χ2v) is 8.65. The molecule has 0 fully saturated rings. The molecular weight excluding hydrogens is 404 g/mol. The van der Waals surface area contributed by atoms with Gasteiger partial charge in [0.25, 0.3) is 0 Å². The number of carbonyl (C=O) groups is 2. The SMILES string of the molecule is C=CC[C@H](N[C@H](C(=O)OC)C(C)C)c1cccc([C@H](CC=C)N[C@H](C(=O)OC)C(C)C)c1. The van der Waals surface area contributed by atoms with E-state index < -0.39 is 12.1 Å². The normalized spacial score (nSPS) is 15.0. The molecule has 2 N–H and O–H groups in total. The molecule has 0 saturated carbocycles. The zero-order chi connectivity index (χ0) is 24.3. The van der Waals surface area contributed by atoms with E-state index in [0.29, 0.717) is 12.8 Å². The van der Waals surface area contributed by atoms with Gasteiger partial charge in [0.2, 0.25) is 0 Å². The van der Waals surface area contributed by atoms with E-state index >= 15 is 0 Å². The molecule has 178 valence electrons. The second kappa shape index (κ2) is 13.9. The topological polar surface area (TPSA) is 76.7 Å². The molecule has 1 rings (SSSR count). The zero-order valence-electron chi connectivity index (χ0n) is 20.4. The van der Waals surface area contributed by atoms with Gasteiger partial charge in [-0.25, -0.2) is 0 Å². The van der Waals surface area contributed by atoms with Crippen LogP contribution in [0.1, 0.15) is 63.7 Å². The lowest BCUT2D eigenvalue weighted by molar-refractivity contribution is -0.145. The highest BCUT2D eigenvalue weighted by Gasteiger charge is 2.28. The number of hydrogen-bond donors (Lipinski definition) is 2. The van der Waals surface area contributed by atoms with E-state index in [1.807, 2.05) is 58.0 Å². The summed E-state index contributed by atoms with van der Waals surface area (Å²) in [4.78, 5) is 24.6. The molecule has 1 aromatic carbocycles. The van der Waals surface area contributed by atoms with Crippen LogP contribution in [0.2, 0.25) is 0 Å². The maximum atomic E-state index is 12.3. The van der Waals surface area contributed by atoms with E-state index in [1.54, 1.807) is 0 Å². The van der Waals surface area contributed by atoms with Crippen molar-refractivity contribution in [1.82, 2.24) is 10.6 Å². The van der Waals surface area contributed by atoms with Crippen LogP contribution in [-0.2, 0) is 19.1 Å². The van der Waals surface area contributed by atoms with Gasteiger partial charge in [0.1, 0.15) is 12.1 Å². The third-order valence-electron chi connectivity index (χ3n) is 5.53. The number of hydrogen-bond acceptors (Lipinski definition) is 6. The number of carbonyl (C=O) groups excluding carboxylic acids is 2. The molecular formula is C26H40N2O4. The van der Waals surface area contributed by atoms with Gasteiger partial charge in [0, 0.05) is 12.1 Å². The monoisotopic (exact) mass is 444 g/mol. The van der Waals surface area contributed by atoms with Crippen molar-refractivity contribution in [2.75, 3.05) is 14.2 Å². The Balaban J connectivity index is 3.26. The van der Waals surface area contributed by atoms with Crippen molar-refractivity contribution >= 4 is 11.9 Å². The van der Waals surface area contributed by atoms with E-state index in [9.17, 15) is 9.59 Å². The average molecular weight is 445 g/mol. The molecule has 0 bridgehead atoms. The van der Waals surface area contributed by atoms with Gasteiger partial charge in [-0.15, -0.1) is 13.2 Å². The summed E-state index contributed by atoms with van der Waals surface area (Å²) in [7, 11) is 2.81. The molecule has 6 nitrogen and oxygen atoms in total. The predicted molar refractivity (Wildman–Crippen MR) is 129 cm³/mol. The first-order chi connectivity index (χ1) is 15.2. The Hall–Kier alpha value is -2.44. The predicted octanol–water partition coefficient (Wildman–Crippen LogP) is 4.50. The third-order valence-corrected chi connectivity index (χ3v) is 5.53. The minimum Gasteiger partial charge on any atom is -0.468 e. The van der Waals surface area contributed by atoms with Crippen LogP contribution in [-0.4, -0.2) is 38.2 Å². The largest absolute Gasteiger partial charge is 0.468 e. The Labute approximate surface area is 193 Å². The lowest BCUT2D eigenvalue weighted by Crippen LogP contribution is -2.44. The highest BCUT2D eigenvalue weighted by molar-refractivity contribution is 5.76. The van der Waals surface area contributed by atoms with Crippen LogP contribution in [0.5, 0.6) is 0 Å². The average Bonchev–Trinajstić information content (AvgIpc) is 2.77. The van der Waals surface area contributed by atoms with Crippen LogP contribution in [0.3, 0.4) is 0 Å². The van der Waals surface area contributed by atoms with Gasteiger partial charge in [0.05, 0.1) is 14.2 Å². The number of ether oxygens (including phenoxy) is 2. The standard InChI is InChI=1S/C26H40N2O4/c1-9-12-21(27-23(17(3)4)25(29)31-7)19-14-11-15-20(16-19)22(13-10-2)28-24(18(5)6)26(30)32-8/h9-11,14-18,21-24,27-28H,1-2,12-13H2,3-8H3/t21-,22-,23-,24-/m0/s1. The van der Waals surface area contributed by atoms with E-state index in [2.05, 4.69) is 29.9 Å². The lowest BCUT2D eigenvalue weighted by atomic mass is 9.93. The van der Waals surface area contributed by atoms with Crippen LogP contribution in [0.15, 0.2) is 49.6 Å². The summed E-state index contributed by atoms with van der Waals surface area (Å²) in [5, 5.41) is 6.89. The van der Waals surface area contributed by atoms with E-state index in [1.165, 1.54) is 14.2 Å². The molecule has 0 aliphatic carbocycles. The molecule has 0 amide bonds. The molecule has 0 heterocycles. The Bertz CT molecular complexity index is 701. The van der Waals surface area contributed by atoms with Gasteiger partial charge in [-0.1, -0.05) is 64.1 Å². The molecule has 0 aliphatic rings. The molecule has 0 saturated heterocycles. The highest BCUT2D eigenvalue weighted by Crippen LogP contribution is 2.26. The van der Waals surface area contributed by atoms with Crippen molar-refractivity contribution in [3.05, 3.63) is 60.7 Å². The van der Waals surface area contributed by atoms with Gasteiger partial charge in [0.15, 0.2) is 0 Å². The fourth-order valence-corrected chi connectivity index (χ4v) is 3.68. The van der Waals surface area contributed by atoms with Crippen LogP contribution in [0.4, 0.5) is 0 Å². The van der Waals surface area contributed by atoms with Crippen molar-refractivity contribution in [1.29, 1.82) is 0 Å². The summed E-state index contributed by atoms with van der Waals surface area (Å²) in [6.07, 6.45) is 4.98. The maximum absolute atomic E-state index is 12.3. The van der Waals surface area contributed by atoms with Crippen LogP contribution in [0.25, 0.3) is 0 Å². The second-order valence-electron chi connectivity index (χ2n) is 8.65. The minimum atomic E-state index is -0.430. The summed E-state index contributed by atoms with van der Waals surface area (Å²) < 4.78 is 9.98. The number of nitrogens with one attached hydrogen (secondary N) is 2. The summed E-state index contributed by atoms with van der Waals surface area (Å²) in [6.45, 7) is 15.7. The van der Waals surface area contributed by atoms with Crippen molar-refractivity contribution < 1.29 is 19.1 Å². The number of rotatable bonds is 14. The van der Waals surface area contributed by atoms with Crippen molar-refractivity contribution in [3.8, 4) is 0 Å². The van der Waals surface area contributed by atoms with Gasteiger partial charge in [-0.3, -0.25) is 20.2 Å². The Morgan fingerprint density at radius 3 is 1.50 bits per heavy atom. The minimum absolute atomic E-state index is 0.0694. The van der Waals surface area contributed by atoms with Crippen molar-refractivity contribution in [3.63, 3.8) is 0 Å². The van der Waals surface area contributed by atoms with Gasteiger partial charge in [-0.2, -0.15) is 0 Å². The number of methoxy groups -OCH3 is 2. The molecule has 0 unspecified atom stereocenters. The quantitative estimate of drug-likeness (QED) is 0.325. The van der Waals surface area contributed by atoms with Gasteiger partial charge < -0.3 is 9.47 Å². The molecule has 0 spiro atoms. The van der Waals surface area contributed by atoms with Crippen LogP contribution >= 0.6 is 0 Å².